The predicted molar refractivity (Wildman–Crippen MR) is 117 cm³/mol. The summed E-state index contributed by atoms with van der Waals surface area (Å²) in [7, 11) is 0. The van der Waals surface area contributed by atoms with Crippen LogP contribution in [-0.2, 0) is 4.79 Å². The van der Waals surface area contributed by atoms with Crippen LogP contribution in [-0.4, -0.2) is 36.4 Å². The third-order valence-corrected chi connectivity index (χ3v) is 4.96. The number of hydrogen-bond donors (Lipinski definition) is 1. The van der Waals surface area contributed by atoms with Crippen LogP contribution in [0.1, 0.15) is 24.2 Å². The van der Waals surface area contributed by atoms with Crippen LogP contribution in [0.15, 0.2) is 60.7 Å². The van der Waals surface area contributed by atoms with Gasteiger partial charge in [-0.3, -0.25) is 9.59 Å². The summed E-state index contributed by atoms with van der Waals surface area (Å²) in [5.74, 6) is 0.0767. The zero-order valence-electron chi connectivity index (χ0n) is 16.4. The van der Waals surface area contributed by atoms with Gasteiger partial charge in [0.25, 0.3) is 11.8 Å². The number of amides is 2. The molecule has 0 aliphatic rings. The highest BCUT2D eigenvalue weighted by molar-refractivity contribution is 6.32. The Kier molecular flexibility index (Phi) is 6.73. The Bertz CT molecular complexity index is 1030. The SMILES string of the molecule is CCN(CC)C(=O)COc1ccc(NC(=O)c2ccc3ccccc3c2)cc1Cl. The second-order valence-corrected chi connectivity index (χ2v) is 6.92. The van der Waals surface area contributed by atoms with E-state index in [-0.39, 0.29) is 18.4 Å². The second kappa shape index (κ2) is 9.43. The molecule has 0 bridgehead atoms. The van der Waals surface area contributed by atoms with Gasteiger partial charge in [-0.05, 0) is 55.0 Å². The highest BCUT2D eigenvalue weighted by Crippen LogP contribution is 2.28. The number of rotatable bonds is 7. The van der Waals surface area contributed by atoms with Gasteiger partial charge in [0.15, 0.2) is 6.61 Å². The Hall–Kier alpha value is -3.05. The smallest absolute Gasteiger partial charge is 0.260 e. The number of benzene rings is 3. The number of halogens is 1. The Morgan fingerprint density at radius 2 is 1.69 bits per heavy atom. The number of hydrogen-bond acceptors (Lipinski definition) is 3. The first-order valence-corrected chi connectivity index (χ1v) is 9.90. The molecule has 0 unspecified atom stereocenters. The summed E-state index contributed by atoms with van der Waals surface area (Å²) >= 11 is 6.27. The van der Waals surface area contributed by atoms with Gasteiger partial charge >= 0.3 is 0 Å². The lowest BCUT2D eigenvalue weighted by atomic mass is 10.1. The first-order chi connectivity index (χ1) is 14.0. The molecule has 150 valence electrons. The molecule has 5 nitrogen and oxygen atoms in total. The Morgan fingerprint density at radius 3 is 2.38 bits per heavy atom. The summed E-state index contributed by atoms with van der Waals surface area (Å²) in [4.78, 5) is 26.3. The van der Waals surface area contributed by atoms with E-state index in [4.69, 9.17) is 16.3 Å². The van der Waals surface area contributed by atoms with Gasteiger partial charge in [-0.15, -0.1) is 0 Å². The van der Waals surface area contributed by atoms with Crippen LogP contribution in [0.5, 0.6) is 5.75 Å². The van der Waals surface area contributed by atoms with Crippen molar-refractivity contribution in [2.24, 2.45) is 0 Å². The van der Waals surface area contributed by atoms with Crippen molar-refractivity contribution in [2.45, 2.75) is 13.8 Å². The van der Waals surface area contributed by atoms with Crippen molar-refractivity contribution >= 4 is 39.9 Å². The molecule has 0 aliphatic carbocycles. The Balaban J connectivity index is 1.66. The third-order valence-electron chi connectivity index (χ3n) is 4.67. The molecule has 0 radical (unpaired) electrons. The average Bonchev–Trinajstić information content (AvgIpc) is 2.73. The molecule has 0 saturated heterocycles. The quantitative estimate of drug-likeness (QED) is 0.596. The van der Waals surface area contributed by atoms with Gasteiger partial charge in [0.2, 0.25) is 0 Å². The van der Waals surface area contributed by atoms with E-state index in [1.165, 1.54) is 0 Å². The number of nitrogens with one attached hydrogen (secondary N) is 1. The van der Waals surface area contributed by atoms with Crippen LogP contribution in [0.25, 0.3) is 10.8 Å². The predicted octanol–water partition coefficient (Wildman–Crippen LogP) is 4.99. The summed E-state index contributed by atoms with van der Waals surface area (Å²) in [6.07, 6.45) is 0. The maximum absolute atomic E-state index is 12.6. The molecule has 3 aromatic carbocycles. The number of carbonyl (C=O) groups excluding carboxylic acids is 2. The zero-order valence-corrected chi connectivity index (χ0v) is 17.2. The van der Waals surface area contributed by atoms with Crippen LogP contribution in [0.3, 0.4) is 0 Å². The molecule has 0 atom stereocenters. The molecule has 6 heteroatoms. The van der Waals surface area contributed by atoms with Crippen molar-refractivity contribution in [3.63, 3.8) is 0 Å². The minimum atomic E-state index is -0.225. The fraction of sp³-hybridized carbons (Fsp3) is 0.217. The highest BCUT2D eigenvalue weighted by atomic mass is 35.5. The van der Waals surface area contributed by atoms with Gasteiger partial charge in [-0.2, -0.15) is 0 Å². The van der Waals surface area contributed by atoms with E-state index in [1.54, 1.807) is 29.2 Å². The first-order valence-electron chi connectivity index (χ1n) is 9.52. The van der Waals surface area contributed by atoms with Crippen molar-refractivity contribution in [3.8, 4) is 5.75 Å². The molecule has 0 aliphatic heterocycles. The number of anilines is 1. The van der Waals surface area contributed by atoms with Crippen LogP contribution < -0.4 is 10.1 Å². The molecule has 3 aromatic rings. The molecule has 0 spiro atoms. The van der Waals surface area contributed by atoms with Crippen LogP contribution in [0.2, 0.25) is 5.02 Å². The summed E-state index contributed by atoms with van der Waals surface area (Å²) in [6, 6.07) is 18.4. The average molecular weight is 411 g/mol. The highest BCUT2D eigenvalue weighted by Gasteiger charge is 2.13. The number of carbonyl (C=O) groups is 2. The van der Waals surface area contributed by atoms with Crippen LogP contribution in [0, 0.1) is 0 Å². The minimum absolute atomic E-state index is 0.0792. The molecule has 29 heavy (non-hydrogen) atoms. The molecule has 1 N–H and O–H groups in total. The van der Waals surface area contributed by atoms with Crippen molar-refractivity contribution in [2.75, 3.05) is 25.0 Å². The monoisotopic (exact) mass is 410 g/mol. The lowest BCUT2D eigenvalue weighted by Gasteiger charge is -2.19. The van der Waals surface area contributed by atoms with E-state index in [9.17, 15) is 9.59 Å². The zero-order chi connectivity index (χ0) is 20.8. The first kappa shape index (κ1) is 20.7. The molecule has 0 heterocycles. The van der Waals surface area contributed by atoms with E-state index < -0.39 is 0 Å². The van der Waals surface area contributed by atoms with Gasteiger partial charge in [0, 0.05) is 24.3 Å². The molecule has 0 aromatic heterocycles. The molecule has 2 amide bonds. The van der Waals surface area contributed by atoms with Gasteiger partial charge < -0.3 is 15.0 Å². The summed E-state index contributed by atoms with van der Waals surface area (Å²) in [5, 5.41) is 5.24. The lowest BCUT2D eigenvalue weighted by Crippen LogP contribution is -2.34. The normalized spacial score (nSPS) is 10.6. The lowest BCUT2D eigenvalue weighted by molar-refractivity contribution is -0.132. The van der Waals surface area contributed by atoms with Gasteiger partial charge in [-0.1, -0.05) is 41.9 Å². The van der Waals surface area contributed by atoms with Crippen molar-refractivity contribution in [1.29, 1.82) is 0 Å². The van der Waals surface area contributed by atoms with E-state index in [0.717, 1.165) is 10.8 Å². The molecular weight excluding hydrogens is 388 g/mol. The Labute approximate surface area is 175 Å². The third kappa shape index (κ3) is 5.06. The van der Waals surface area contributed by atoms with Crippen LogP contribution >= 0.6 is 11.6 Å². The number of fused-ring (bicyclic) bond motifs is 1. The minimum Gasteiger partial charge on any atom is -0.482 e. The van der Waals surface area contributed by atoms with E-state index in [0.29, 0.717) is 35.1 Å². The van der Waals surface area contributed by atoms with Crippen molar-refractivity contribution in [3.05, 3.63) is 71.2 Å². The number of nitrogens with zero attached hydrogens (tertiary/aromatic N) is 1. The van der Waals surface area contributed by atoms with Crippen molar-refractivity contribution in [1.82, 2.24) is 4.90 Å². The topological polar surface area (TPSA) is 58.6 Å². The van der Waals surface area contributed by atoms with Gasteiger partial charge in [-0.25, -0.2) is 0 Å². The van der Waals surface area contributed by atoms with Gasteiger partial charge in [0.05, 0.1) is 5.02 Å². The summed E-state index contributed by atoms with van der Waals surface area (Å²) in [5.41, 5.74) is 1.11. The standard InChI is InChI=1S/C23H23ClN2O3/c1-3-26(4-2)22(27)15-29-21-12-11-19(14-20(21)24)25-23(28)18-10-9-16-7-5-6-8-17(16)13-18/h5-14H,3-4,15H2,1-2H3,(H,25,28). The maximum atomic E-state index is 12.6. The Morgan fingerprint density at radius 1 is 0.966 bits per heavy atom. The fourth-order valence-corrected chi connectivity index (χ4v) is 3.27. The summed E-state index contributed by atoms with van der Waals surface area (Å²) < 4.78 is 5.54. The van der Waals surface area contributed by atoms with E-state index >= 15 is 0 Å². The van der Waals surface area contributed by atoms with E-state index in [1.807, 2.05) is 50.2 Å². The fourth-order valence-electron chi connectivity index (χ4n) is 3.04. The molecule has 0 saturated carbocycles. The van der Waals surface area contributed by atoms with Crippen molar-refractivity contribution < 1.29 is 14.3 Å². The molecular formula is C23H23ClN2O3. The second-order valence-electron chi connectivity index (χ2n) is 6.52. The summed E-state index contributed by atoms with van der Waals surface area (Å²) in [6.45, 7) is 5.02. The van der Waals surface area contributed by atoms with E-state index in [2.05, 4.69) is 5.32 Å². The number of likely N-dealkylation sites (N-methyl/N-ethyl adjacent to an activating group) is 1. The number of ether oxygens (including phenoxy) is 1. The largest absolute Gasteiger partial charge is 0.482 e. The molecule has 3 rings (SSSR count). The van der Waals surface area contributed by atoms with Crippen LogP contribution in [0.4, 0.5) is 5.69 Å². The van der Waals surface area contributed by atoms with Gasteiger partial charge in [0.1, 0.15) is 5.75 Å². The molecule has 0 fully saturated rings. The maximum Gasteiger partial charge on any atom is 0.260 e.